The van der Waals surface area contributed by atoms with Crippen molar-refractivity contribution in [1.82, 2.24) is 0 Å². The van der Waals surface area contributed by atoms with Crippen LogP contribution in [0.1, 0.15) is 20.3 Å². The van der Waals surface area contributed by atoms with E-state index in [1.54, 1.807) is 6.92 Å². The Morgan fingerprint density at radius 3 is 2.29 bits per heavy atom. The second-order valence-corrected chi connectivity index (χ2v) is 1.65. The Labute approximate surface area is 43.2 Å². The zero-order valence-corrected chi connectivity index (χ0v) is 4.64. The summed E-state index contributed by atoms with van der Waals surface area (Å²) < 4.78 is 0. The first-order chi connectivity index (χ1) is 3.18. The molecule has 0 aromatic rings. The minimum absolute atomic E-state index is 0.181. The minimum atomic E-state index is -0.706. The van der Waals surface area contributed by atoms with E-state index in [-0.39, 0.29) is 5.92 Å². The first-order valence-electron chi connectivity index (χ1n) is 2.41. The normalized spacial score (nSPS) is 13.4. The number of carboxylic acid groups (broad SMARTS) is 1. The highest BCUT2D eigenvalue weighted by molar-refractivity contribution is 5.69. The second kappa shape index (κ2) is 2.61. The van der Waals surface area contributed by atoms with Gasteiger partial charge in [0.25, 0.3) is 0 Å². The maximum absolute atomic E-state index is 9.93. The molecule has 0 radical (unpaired) electrons. The molecule has 0 bridgehead atoms. The monoisotopic (exact) mass is 102 g/mol. The summed E-state index contributed by atoms with van der Waals surface area (Å²) in [5, 5.41) is 8.18. The second-order valence-electron chi connectivity index (χ2n) is 1.65. The topological polar surface area (TPSA) is 37.3 Å². The number of hydrogen-bond acceptors (Lipinski definition) is 1. The quantitative estimate of drug-likeness (QED) is 0.567. The van der Waals surface area contributed by atoms with E-state index in [2.05, 4.69) is 0 Å². The molecule has 0 spiro atoms. The molecule has 0 unspecified atom stereocenters. The molecular weight excluding hydrogens is 92.1 g/mol. The van der Waals surface area contributed by atoms with E-state index in [0.29, 0.717) is 0 Å². The van der Waals surface area contributed by atoms with Gasteiger partial charge in [-0.05, 0) is 6.42 Å². The summed E-state index contributed by atoms with van der Waals surface area (Å²) >= 11 is 0. The average Bonchev–Trinajstić information content (AvgIpc) is 1.65. The van der Waals surface area contributed by atoms with E-state index >= 15 is 0 Å². The lowest BCUT2D eigenvalue weighted by Crippen LogP contribution is -2.06. The van der Waals surface area contributed by atoms with Crippen LogP contribution in [0.2, 0.25) is 0 Å². The van der Waals surface area contributed by atoms with Gasteiger partial charge in [-0.15, -0.1) is 0 Å². The van der Waals surface area contributed by atoms with Crippen LogP contribution in [0.25, 0.3) is 0 Å². The van der Waals surface area contributed by atoms with Gasteiger partial charge in [-0.1, -0.05) is 13.8 Å². The molecule has 1 N–H and O–H groups in total. The van der Waals surface area contributed by atoms with Crippen LogP contribution >= 0.6 is 0 Å². The Morgan fingerprint density at radius 1 is 1.86 bits per heavy atom. The molecule has 0 aliphatic rings. The lowest BCUT2D eigenvalue weighted by molar-refractivity contribution is -0.141. The van der Waals surface area contributed by atoms with Gasteiger partial charge in [0, 0.05) is 0 Å². The van der Waals surface area contributed by atoms with Gasteiger partial charge in [-0.25, -0.2) is 0 Å². The largest absolute Gasteiger partial charge is 0.481 e. The standard InChI is InChI=1S/C5H10O2/c1-3-4(2)5(6)7/h4H,3H2,1-2H3,(H,6,7)/t4-/m1/s1. The summed E-state index contributed by atoms with van der Waals surface area (Å²) in [4.78, 5) is 9.93. The molecule has 0 saturated heterocycles. The fraction of sp³-hybridized carbons (Fsp3) is 0.800. The van der Waals surface area contributed by atoms with Crippen molar-refractivity contribution in [2.45, 2.75) is 20.3 Å². The summed E-state index contributed by atoms with van der Waals surface area (Å²) in [5.74, 6) is -0.887. The Kier molecular flexibility index (Phi) is 2.41. The van der Waals surface area contributed by atoms with E-state index in [1.807, 2.05) is 6.92 Å². The first-order valence-corrected chi connectivity index (χ1v) is 2.41. The third kappa shape index (κ3) is 2.20. The molecule has 1 atom stereocenters. The van der Waals surface area contributed by atoms with Crippen LogP contribution in [0.4, 0.5) is 0 Å². The Hall–Kier alpha value is -0.530. The third-order valence-electron chi connectivity index (χ3n) is 1.03. The molecule has 2 heteroatoms. The first kappa shape index (κ1) is 6.47. The lowest BCUT2D eigenvalue weighted by atomic mass is 10.1. The SMILES string of the molecule is CC[C@@H](C)C(=O)O. The van der Waals surface area contributed by atoms with E-state index in [9.17, 15) is 4.79 Å². The number of hydrogen-bond donors (Lipinski definition) is 1. The average molecular weight is 102 g/mol. The van der Waals surface area contributed by atoms with Gasteiger partial charge < -0.3 is 5.11 Å². The molecule has 0 saturated carbocycles. The van der Waals surface area contributed by atoms with Crippen molar-refractivity contribution < 1.29 is 9.90 Å². The van der Waals surface area contributed by atoms with Gasteiger partial charge in [0.1, 0.15) is 0 Å². The molecule has 42 valence electrons. The van der Waals surface area contributed by atoms with Crippen LogP contribution in [0, 0.1) is 5.92 Å². The van der Waals surface area contributed by atoms with Crippen molar-refractivity contribution in [3.05, 3.63) is 0 Å². The molecule has 0 aromatic heterocycles. The predicted octanol–water partition coefficient (Wildman–Crippen LogP) is 1.12. The van der Waals surface area contributed by atoms with Crippen LogP contribution in [0.15, 0.2) is 0 Å². The van der Waals surface area contributed by atoms with E-state index in [4.69, 9.17) is 5.11 Å². The Balaban J connectivity index is 3.34. The highest BCUT2D eigenvalue weighted by atomic mass is 16.4. The molecule has 0 fully saturated rings. The van der Waals surface area contributed by atoms with Gasteiger partial charge in [-0.2, -0.15) is 0 Å². The maximum Gasteiger partial charge on any atom is 0.306 e. The van der Waals surface area contributed by atoms with Gasteiger partial charge in [0.15, 0.2) is 0 Å². The molecule has 0 rings (SSSR count). The van der Waals surface area contributed by atoms with Gasteiger partial charge in [0.2, 0.25) is 0 Å². The molecule has 0 amide bonds. The lowest BCUT2D eigenvalue weighted by Gasteiger charge is -1.96. The summed E-state index contributed by atoms with van der Waals surface area (Å²) in [6, 6.07) is 0. The van der Waals surface area contributed by atoms with Crippen molar-refractivity contribution in [2.24, 2.45) is 5.92 Å². The number of rotatable bonds is 2. The summed E-state index contributed by atoms with van der Waals surface area (Å²) in [6.45, 7) is 3.56. The van der Waals surface area contributed by atoms with Crippen molar-refractivity contribution in [3.63, 3.8) is 0 Å². The third-order valence-corrected chi connectivity index (χ3v) is 1.03. The van der Waals surface area contributed by atoms with Gasteiger partial charge in [-0.3, -0.25) is 4.79 Å². The van der Waals surface area contributed by atoms with Gasteiger partial charge in [0.05, 0.1) is 5.92 Å². The van der Waals surface area contributed by atoms with Crippen molar-refractivity contribution in [1.29, 1.82) is 0 Å². The van der Waals surface area contributed by atoms with Crippen molar-refractivity contribution >= 4 is 5.97 Å². The molecule has 2 nitrogen and oxygen atoms in total. The summed E-state index contributed by atoms with van der Waals surface area (Å²) in [5.41, 5.74) is 0. The molecule has 0 heterocycles. The van der Waals surface area contributed by atoms with E-state index in [1.165, 1.54) is 0 Å². The minimum Gasteiger partial charge on any atom is -0.481 e. The van der Waals surface area contributed by atoms with E-state index < -0.39 is 5.97 Å². The number of aliphatic carboxylic acids is 1. The molecule has 0 aliphatic heterocycles. The molecular formula is C5H10O2. The highest BCUT2D eigenvalue weighted by Gasteiger charge is 2.05. The number of carboxylic acids is 1. The molecule has 0 aromatic carbocycles. The summed E-state index contributed by atoms with van der Waals surface area (Å²) in [6.07, 6.45) is 0.718. The smallest absolute Gasteiger partial charge is 0.306 e. The van der Waals surface area contributed by atoms with Crippen LogP contribution in [0.3, 0.4) is 0 Å². The predicted molar refractivity (Wildman–Crippen MR) is 27.1 cm³/mol. The highest BCUT2D eigenvalue weighted by Crippen LogP contribution is 1.97. The zero-order valence-electron chi connectivity index (χ0n) is 4.64. The van der Waals surface area contributed by atoms with Crippen LogP contribution in [-0.2, 0) is 4.79 Å². The zero-order chi connectivity index (χ0) is 5.86. The fourth-order valence-electron chi connectivity index (χ4n) is 0.175. The molecule has 7 heavy (non-hydrogen) atoms. The van der Waals surface area contributed by atoms with E-state index in [0.717, 1.165) is 6.42 Å². The molecule has 0 aliphatic carbocycles. The number of carbonyl (C=O) groups is 1. The van der Waals surface area contributed by atoms with Crippen LogP contribution in [-0.4, -0.2) is 11.1 Å². The van der Waals surface area contributed by atoms with Crippen LogP contribution < -0.4 is 0 Å². The fourth-order valence-corrected chi connectivity index (χ4v) is 0.175. The van der Waals surface area contributed by atoms with Crippen molar-refractivity contribution in [3.8, 4) is 0 Å². The maximum atomic E-state index is 9.93. The van der Waals surface area contributed by atoms with Crippen molar-refractivity contribution in [2.75, 3.05) is 0 Å². The van der Waals surface area contributed by atoms with Gasteiger partial charge >= 0.3 is 5.97 Å². The van der Waals surface area contributed by atoms with Crippen LogP contribution in [0.5, 0.6) is 0 Å². The summed E-state index contributed by atoms with van der Waals surface area (Å²) in [7, 11) is 0. The Bertz CT molecular complexity index is 68.5. The Morgan fingerprint density at radius 2 is 2.29 bits per heavy atom.